The molecule has 0 aliphatic rings. The minimum Gasteiger partial charge on any atom is -0.387 e. The Labute approximate surface area is 116 Å². The van der Waals surface area contributed by atoms with E-state index in [1.807, 2.05) is 0 Å². The number of halogens is 2. The van der Waals surface area contributed by atoms with E-state index >= 15 is 0 Å². The van der Waals surface area contributed by atoms with E-state index in [1.54, 1.807) is 38.1 Å². The number of hydrogen-bond donors (Lipinski definition) is 2. The molecule has 1 unspecified atom stereocenters. The third-order valence-electron chi connectivity index (χ3n) is 2.57. The molecule has 0 radical (unpaired) electrons. The molecule has 0 aromatic heterocycles. The monoisotopic (exact) mass is 287 g/mol. The van der Waals surface area contributed by atoms with E-state index in [2.05, 4.69) is 5.32 Å². The van der Waals surface area contributed by atoms with Gasteiger partial charge in [-0.25, -0.2) is 0 Å². The number of aliphatic hydroxyl groups excluding tert-OH is 1. The topological polar surface area (TPSA) is 49.3 Å². The zero-order chi connectivity index (χ0) is 13.7. The van der Waals surface area contributed by atoms with Gasteiger partial charge in [0.1, 0.15) is 0 Å². The maximum atomic E-state index is 11.5. The number of benzene rings is 1. The second-order valence-electron chi connectivity index (χ2n) is 3.86. The molecule has 1 rings (SSSR count). The molecule has 0 bridgehead atoms. The minimum atomic E-state index is -0.858. The van der Waals surface area contributed by atoms with Crippen LogP contribution in [0.25, 0.3) is 0 Å². The fourth-order valence-electron chi connectivity index (χ4n) is 1.34. The molecular weight excluding hydrogens is 273 g/mol. The van der Waals surface area contributed by atoms with Gasteiger partial charge in [-0.15, -0.1) is 0 Å². The Balaban J connectivity index is 2.66. The first-order chi connectivity index (χ1) is 8.45. The predicted octanol–water partition coefficient (Wildman–Crippen LogP) is 3.11. The lowest BCUT2D eigenvalue weighted by molar-refractivity contribution is -0.117. The fourth-order valence-corrected chi connectivity index (χ4v) is 1.88. The van der Waals surface area contributed by atoms with Gasteiger partial charge in [0.2, 0.25) is 5.91 Å². The van der Waals surface area contributed by atoms with E-state index in [1.165, 1.54) is 0 Å². The minimum absolute atomic E-state index is 0.103. The van der Waals surface area contributed by atoms with Crippen LogP contribution in [-0.4, -0.2) is 17.6 Å². The van der Waals surface area contributed by atoms with Gasteiger partial charge in [0.05, 0.1) is 6.10 Å². The van der Waals surface area contributed by atoms with Gasteiger partial charge in [-0.2, -0.15) is 0 Å². The molecule has 1 atom stereocenters. The Kier molecular flexibility index (Phi) is 5.66. The molecule has 1 aromatic rings. The summed E-state index contributed by atoms with van der Waals surface area (Å²) >= 11 is 11.7. The standard InChI is InChI=1S/C13H15Cl2NO2/c1-3-8(2)13(18)16-7-12(17)10-5-4-9(14)6-11(10)15/h3-6,12,17H,7H2,1-2H3,(H,16,18)/b8-3-. The molecule has 1 aromatic carbocycles. The van der Waals surface area contributed by atoms with Crippen molar-refractivity contribution in [3.63, 3.8) is 0 Å². The number of nitrogens with one attached hydrogen (secondary N) is 1. The lowest BCUT2D eigenvalue weighted by Crippen LogP contribution is -2.28. The van der Waals surface area contributed by atoms with Crippen molar-refractivity contribution in [2.24, 2.45) is 0 Å². The van der Waals surface area contributed by atoms with Crippen LogP contribution in [0, 0.1) is 0 Å². The molecule has 3 nitrogen and oxygen atoms in total. The maximum Gasteiger partial charge on any atom is 0.246 e. The Morgan fingerprint density at radius 3 is 2.72 bits per heavy atom. The van der Waals surface area contributed by atoms with Crippen LogP contribution in [0.15, 0.2) is 29.8 Å². The normalized spacial score (nSPS) is 13.3. The number of carbonyl (C=O) groups excluding carboxylic acids is 1. The third kappa shape index (κ3) is 4.02. The van der Waals surface area contributed by atoms with E-state index in [4.69, 9.17) is 23.2 Å². The summed E-state index contributed by atoms with van der Waals surface area (Å²) in [4.78, 5) is 11.5. The Bertz CT molecular complexity index is 472. The molecular formula is C13H15Cl2NO2. The molecule has 0 heterocycles. The van der Waals surface area contributed by atoms with Crippen LogP contribution in [0.4, 0.5) is 0 Å². The molecule has 0 saturated carbocycles. The number of rotatable bonds is 4. The Morgan fingerprint density at radius 2 is 2.17 bits per heavy atom. The molecule has 0 aliphatic heterocycles. The van der Waals surface area contributed by atoms with Crippen molar-refractivity contribution in [3.05, 3.63) is 45.5 Å². The largest absolute Gasteiger partial charge is 0.387 e. The highest BCUT2D eigenvalue weighted by atomic mass is 35.5. The molecule has 2 N–H and O–H groups in total. The van der Waals surface area contributed by atoms with Gasteiger partial charge in [-0.3, -0.25) is 4.79 Å². The molecule has 98 valence electrons. The van der Waals surface area contributed by atoms with Crippen molar-refractivity contribution in [2.75, 3.05) is 6.54 Å². The average Bonchev–Trinajstić information content (AvgIpc) is 2.34. The highest BCUT2D eigenvalue weighted by Gasteiger charge is 2.13. The van der Waals surface area contributed by atoms with Gasteiger partial charge in [-0.1, -0.05) is 35.3 Å². The first-order valence-electron chi connectivity index (χ1n) is 5.49. The third-order valence-corrected chi connectivity index (χ3v) is 3.13. The molecule has 0 fully saturated rings. The van der Waals surface area contributed by atoms with Gasteiger partial charge >= 0.3 is 0 Å². The van der Waals surface area contributed by atoms with Crippen LogP contribution in [0.2, 0.25) is 10.0 Å². The van der Waals surface area contributed by atoms with Crippen molar-refractivity contribution < 1.29 is 9.90 Å². The summed E-state index contributed by atoms with van der Waals surface area (Å²) in [5.41, 5.74) is 1.14. The molecule has 1 amide bonds. The second kappa shape index (κ2) is 6.78. The van der Waals surface area contributed by atoms with E-state index < -0.39 is 6.10 Å². The number of amides is 1. The van der Waals surface area contributed by atoms with Gasteiger partial charge in [0.15, 0.2) is 0 Å². The van der Waals surface area contributed by atoms with E-state index in [9.17, 15) is 9.90 Å². The molecule has 0 spiro atoms. The summed E-state index contributed by atoms with van der Waals surface area (Å²) < 4.78 is 0. The molecule has 0 aliphatic carbocycles. The second-order valence-corrected chi connectivity index (χ2v) is 4.71. The first kappa shape index (κ1) is 15.0. The van der Waals surface area contributed by atoms with Gasteiger partial charge in [-0.05, 0) is 26.0 Å². The molecule has 18 heavy (non-hydrogen) atoms. The van der Waals surface area contributed by atoms with Crippen LogP contribution in [0.5, 0.6) is 0 Å². The summed E-state index contributed by atoms with van der Waals surface area (Å²) in [6.07, 6.45) is 0.847. The summed E-state index contributed by atoms with van der Waals surface area (Å²) in [6.45, 7) is 3.59. The van der Waals surface area contributed by atoms with Crippen LogP contribution >= 0.6 is 23.2 Å². The van der Waals surface area contributed by atoms with Crippen LogP contribution in [0.1, 0.15) is 25.5 Å². The van der Waals surface area contributed by atoms with Gasteiger partial charge in [0, 0.05) is 27.7 Å². The zero-order valence-electron chi connectivity index (χ0n) is 10.2. The number of aliphatic hydroxyl groups is 1. The van der Waals surface area contributed by atoms with Crippen molar-refractivity contribution in [1.29, 1.82) is 0 Å². The van der Waals surface area contributed by atoms with Crippen LogP contribution < -0.4 is 5.32 Å². The fraction of sp³-hybridized carbons (Fsp3) is 0.308. The van der Waals surface area contributed by atoms with Crippen molar-refractivity contribution >= 4 is 29.1 Å². The highest BCUT2D eigenvalue weighted by molar-refractivity contribution is 6.35. The molecule has 5 heteroatoms. The number of carbonyl (C=O) groups is 1. The summed E-state index contributed by atoms with van der Waals surface area (Å²) in [6, 6.07) is 4.84. The lowest BCUT2D eigenvalue weighted by Gasteiger charge is -2.14. The first-order valence-corrected chi connectivity index (χ1v) is 6.25. The summed E-state index contributed by atoms with van der Waals surface area (Å²) in [5, 5.41) is 13.4. The van der Waals surface area contributed by atoms with Crippen molar-refractivity contribution in [3.8, 4) is 0 Å². The lowest BCUT2D eigenvalue weighted by atomic mass is 10.1. The quantitative estimate of drug-likeness (QED) is 0.836. The Hall–Kier alpha value is -1.03. The average molecular weight is 288 g/mol. The van der Waals surface area contributed by atoms with E-state index in [-0.39, 0.29) is 12.5 Å². The van der Waals surface area contributed by atoms with Crippen molar-refractivity contribution in [1.82, 2.24) is 5.32 Å². The smallest absolute Gasteiger partial charge is 0.246 e. The zero-order valence-corrected chi connectivity index (χ0v) is 11.7. The summed E-state index contributed by atoms with van der Waals surface area (Å²) in [5.74, 6) is -0.207. The van der Waals surface area contributed by atoms with E-state index in [0.29, 0.717) is 21.2 Å². The van der Waals surface area contributed by atoms with E-state index in [0.717, 1.165) is 0 Å². The maximum absolute atomic E-state index is 11.5. The van der Waals surface area contributed by atoms with Gasteiger partial charge in [0.25, 0.3) is 0 Å². The Morgan fingerprint density at radius 1 is 1.50 bits per heavy atom. The van der Waals surface area contributed by atoms with Gasteiger partial charge < -0.3 is 10.4 Å². The van der Waals surface area contributed by atoms with Crippen molar-refractivity contribution in [2.45, 2.75) is 20.0 Å². The number of allylic oxidation sites excluding steroid dienone is 1. The SMILES string of the molecule is C/C=C(/C)C(=O)NCC(O)c1ccc(Cl)cc1Cl. The molecule has 0 saturated heterocycles. The highest BCUT2D eigenvalue weighted by Crippen LogP contribution is 2.25. The van der Waals surface area contributed by atoms with Crippen LogP contribution in [0.3, 0.4) is 0 Å². The van der Waals surface area contributed by atoms with Crippen LogP contribution in [-0.2, 0) is 4.79 Å². The predicted molar refractivity (Wildman–Crippen MR) is 73.9 cm³/mol. The summed E-state index contributed by atoms with van der Waals surface area (Å²) in [7, 11) is 0. The number of hydrogen-bond acceptors (Lipinski definition) is 2.